The Kier molecular flexibility index (Phi) is 6.28. The van der Waals surface area contributed by atoms with Gasteiger partial charge in [-0.15, -0.1) is 0 Å². The van der Waals surface area contributed by atoms with Crippen molar-refractivity contribution in [2.75, 3.05) is 25.0 Å². The molecule has 0 heterocycles. The Morgan fingerprint density at radius 2 is 2.09 bits per heavy atom. The highest BCUT2D eigenvalue weighted by molar-refractivity contribution is 5.85. The monoisotopic (exact) mass is 320 g/mol. The van der Waals surface area contributed by atoms with Crippen molar-refractivity contribution in [3.63, 3.8) is 0 Å². The third kappa shape index (κ3) is 6.91. The molecule has 0 saturated heterocycles. The second-order valence-corrected chi connectivity index (χ2v) is 7.00. The molecule has 1 aliphatic rings. The van der Waals surface area contributed by atoms with E-state index in [1.54, 1.807) is 6.07 Å². The first-order valence-electron chi connectivity index (χ1n) is 8.36. The van der Waals surface area contributed by atoms with Crippen molar-refractivity contribution in [3.8, 4) is 5.75 Å². The van der Waals surface area contributed by atoms with E-state index in [0.717, 1.165) is 24.8 Å². The Balaban J connectivity index is 1.69. The van der Waals surface area contributed by atoms with Crippen molar-refractivity contribution < 1.29 is 14.3 Å². The van der Waals surface area contributed by atoms with Gasteiger partial charge in [0.15, 0.2) is 0 Å². The Morgan fingerprint density at radius 3 is 2.74 bits per heavy atom. The van der Waals surface area contributed by atoms with Crippen LogP contribution in [-0.4, -0.2) is 31.4 Å². The summed E-state index contributed by atoms with van der Waals surface area (Å²) in [7, 11) is 0. The summed E-state index contributed by atoms with van der Waals surface area (Å²) < 4.78 is 10.9. The average Bonchev–Trinajstić information content (AvgIpc) is 2.38. The van der Waals surface area contributed by atoms with Crippen molar-refractivity contribution >= 4 is 11.8 Å². The number of rotatable bonds is 7. The summed E-state index contributed by atoms with van der Waals surface area (Å²) in [6.07, 6.45) is 3.62. The quantitative estimate of drug-likeness (QED) is 0.750. The molecule has 128 valence electrons. The van der Waals surface area contributed by atoms with E-state index in [2.05, 4.69) is 10.6 Å². The molecule has 1 saturated carbocycles. The molecule has 0 bridgehead atoms. The largest absolute Gasteiger partial charge is 0.492 e. The van der Waals surface area contributed by atoms with E-state index in [1.807, 2.05) is 39.0 Å². The van der Waals surface area contributed by atoms with Gasteiger partial charge in [0.05, 0.1) is 0 Å². The lowest BCUT2D eigenvalue weighted by Gasteiger charge is -2.25. The highest BCUT2D eigenvalue weighted by atomic mass is 16.6. The summed E-state index contributed by atoms with van der Waals surface area (Å²) >= 11 is 0. The summed E-state index contributed by atoms with van der Waals surface area (Å²) in [6, 6.07) is 7.34. The van der Waals surface area contributed by atoms with Crippen LogP contribution in [0, 0.1) is 5.92 Å². The molecule has 1 aliphatic carbocycles. The minimum absolute atomic E-state index is 0.461. The molecule has 0 spiro atoms. The smallest absolute Gasteiger partial charge is 0.412 e. The van der Waals surface area contributed by atoms with Gasteiger partial charge in [-0.25, -0.2) is 4.79 Å². The highest BCUT2D eigenvalue weighted by Gasteiger charge is 2.17. The average molecular weight is 320 g/mol. The molecule has 0 aliphatic heterocycles. The first-order valence-corrected chi connectivity index (χ1v) is 8.36. The van der Waals surface area contributed by atoms with Gasteiger partial charge in [0.1, 0.15) is 18.0 Å². The highest BCUT2D eigenvalue weighted by Crippen LogP contribution is 2.25. The van der Waals surface area contributed by atoms with Crippen LogP contribution in [0.5, 0.6) is 5.75 Å². The van der Waals surface area contributed by atoms with E-state index < -0.39 is 11.7 Å². The molecule has 1 fully saturated rings. The zero-order chi connectivity index (χ0) is 16.7. The molecule has 1 aromatic rings. The summed E-state index contributed by atoms with van der Waals surface area (Å²) in [6.45, 7) is 8.04. The lowest BCUT2D eigenvalue weighted by molar-refractivity contribution is 0.0636. The van der Waals surface area contributed by atoms with Crippen LogP contribution < -0.4 is 15.4 Å². The molecule has 5 heteroatoms. The molecular weight excluding hydrogens is 292 g/mol. The number of carbonyl (C=O) groups is 1. The summed E-state index contributed by atoms with van der Waals surface area (Å²) in [5, 5.41) is 6.13. The van der Waals surface area contributed by atoms with Crippen LogP contribution >= 0.6 is 0 Å². The topological polar surface area (TPSA) is 59.6 Å². The van der Waals surface area contributed by atoms with E-state index in [0.29, 0.717) is 12.3 Å². The molecule has 1 amide bonds. The second kappa shape index (κ2) is 8.20. The van der Waals surface area contributed by atoms with Crippen LogP contribution in [0.25, 0.3) is 0 Å². The molecule has 2 N–H and O–H groups in total. The van der Waals surface area contributed by atoms with Crippen LogP contribution in [0.3, 0.4) is 0 Å². The molecule has 23 heavy (non-hydrogen) atoms. The van der Waals surface area contributed by atoms with Gasteiger partial charge in [0.2, 0.25) is 0 Å². The van der Waals surface area contributed by atoms with E-state index in [-0.39, 0.29) is 0 Å². The molecule has 0 aromatic heterocycles. The zero-order valence-corrected chi connectivity index (χ0v) is 14.4. The predicted molar refractivity (Wildman–Crippen MR) is 92.0 cm³/mol. The van der Waals surface area contributed by atoms with Gasteiger partial charge in [0.25, 0.3) is 0 Å². The van der Waals surface area contributed by atoms with E-state index >= 15 is 0 Å². The molecular formula is C18H28N2O3. The Morgan fingerprint density at radius 1 is 1.30 bits per heavy atom. The number of nitrogens with one attached hydrogen (secondary N) is 2. The lowest BCUT2D eigenvalue weighted by atomic mass is 9.85. The maximum Gasteiger partial charge on any atom is 0.412 e. The van der Waals surface area contributed by atoms with Crippen LogP contribution in [0.2, 0.25) is 0 Å². The Bertz CT molecular complexity index is 507. The third-order valence-corrected chi connectivity index (χ3v) is 3.68. The first kappa shape index (κ1) is 17.6. The summed E-state index contributed by atoms with van der Waals surface area (Å²) in [4.78, 5) is 11.8. The lowest BCUT2D eigenvalue weighted by Crippen LogP contribution is -2.30. The van der Waals surface area contributed by atoms with Gasteiger partial charge in [0, 0.05) is 18.3 Å². The maximum atomic E-state index is 11.8. The van der Waals surface area contributed by atoms with Gasteiger partial charge >= 0.3 is 6.09 Å². The molecule has 1 aromatic carbocycles. The second-order valence-electron chi connectivity index (χ2n) is 7.00. The molecule has 0 atom stereocenters. The Hall–Kier alpha value is -1.75. The third-order valence-electron chi connectivity index (χ3n) is 3.68. The van der Waals surface area contributed by atoms with Crippen LogP contribution in [0.1, 0.15) is 40.0 Å². The zero-order valence-electron chi connectivity index (χ0n) is 14.4. The van der Waals surface area contributed by atoms with Crippen molar-refractivity contribution in [2.24, 2.45) is 5.92 Å². The fourth-order valence-corrected chi connectivity index (χ4v) is 2.33. The fourth-order valence-electron chi connectivity index (χ4n) is 2.33. The van der Waals surface area contributed by atoms with Gasteiger partial charge in [-0.1, -0.05) is 12.5 Å². The molecule has 2 rings (SSSR count). The van der Waals surface area contributed by atoms with Gasteiger partial charge in [-0.3, -0.25) is 5.32 Å². The van der Waals surface area contributed by atoms with E-state index in [9.17, 15) is 4.79 Å². The summed E-state index contributed by atoms with van der Waals surface area (Å²) in [5.41, 5.74) is 0.156. The molecule has 0 unspecified atom stereocenters. The first-order chi connectivity index (χ1) is 10.9. The summed E-state index contributed by atoms with van der Waals surface area (Å²) in [5.74, 6) is 1.60. The number of carbonyl (C=O) groups excluding carboxylic acids is 1. The SMILES string of the molecule is CC(C)(C)OC(=O)Nc1cccc(OCCNCC2CCC2)c1. The minimum atomic E-state index is -0.510. The number of anilines is 1. The normalized spacial score (nSPS) is 14.9. The number of ether oxygens (including phenoxy) is 2. The standard InChI is InChI=1S/C18H28N2O3/c1-18(2,3)23-17(21)20-15-8-5-9-16(12-15)22-11-10-19-13-14-6-4-7-14/h5,8-9,12,14,19H,4,6-7,10-11,13H2,1-3H3,(H,20,21). The van der Waals surface area contributed by atoms with Gasteiger partial charge in [-0.2, -0.15) is 0 Å². The van der Waals surface area contributed by atoms with Gasteiger partial charge in [-0.05, 0) is 58.2 Å². The van der Waals surface area contributed by atoms with E-state index in [1.165, 1.54) is 19.3 Å². The van der Waals surface area contributed by atoms with Crippen molar-refractivity contribution in [1.29, 1.82) is 0 Å². The van der Waals surface area contributed by atoms with Gasteiger partial charge < -0.3 is 14.8 Å². The molecule has 5 nitrogen and oxygen atoms in total. The molecule has 0 radical (unpaired) electrons. The number of amides is 1. The van der Waals surface area contributed by atoms with Crippen molar-refractivity contribution in [1.82, 2.24) is 5.32 Å². The Labute approximate surface area is 138 Å². The fraction of sp³-hybridized carbons (Fsp3) is 0.611. The van der Waals surface area contributed by atoms with Crippen molar-refractivity contribution in [3.05, 3.63) is 24.3 Å². The van der Waals surface area contributed by atoms with Crippen molar-refractivity contribution in [2.45, 2.75) is 45.6 Å². The number of hydrogen-bond donors (Lipinski definition) is 2. The number of benzene rings is 1. The minimum Gasteiger partial charge on any atom is -0.492 e. The maximum absolute atomic E-state index is 11.8. The predicted octanol–water partition coefficient (Wildman–Crippen LogP) is 3.80. The van der Waals surface area contributed by atoms with E-state index in [4.69, 9.17) is 9.47 Å². The van der Waals surface area contributed by atoms with Crippen LogP contribution in [0.15, 0.2) is 24.3 Å². The van der Waals surface area contributed by atoms with Crippen LogP contribution in [0.4, 0.5) is 10.5 Å². The van der Waals surface area contributed by atoms with Crippen LogP contribution in [-0.2, 0) is 4.74 Å². The number of hydrogen-bond acceptors (Lipinski definition) is 4.